The number of nitrogens with one attached hydrogen (secondary N) is 1. The van der Waals surface area contributed by atoms with Crippen LogP contribution >= 0.6 is 27.5 Å². The maximum atomic E-state index is 12.1. The molecule has 7 heteroatoms. The summed E-state index contributed by atoms with van der Waals surface area (Å²) in [4.78, 5) is 0. The molecule has 0 amide bonds. The molecular formula is C10H11BrClF3N2. The average molecular weight is 332 g/mol. The Morgan fingerprint density at radius 2 is 2.06 bits per heavy atom. The molecular weight excluding hydrogens is 320 g/mol. The first-order valence-corrected chi connectivity index (χ1v) is 5.98. The third kappa shape index (κ3) is 4.83. The highest BCUT2D eigenvalue weighted by atomic mass is 79.9. The quantitative estimate of drug-likeness (QED) is 0.647. The van der Waals surface area contributed by atoms with E-state index < -0.39 is 18.6 Å². The molecule has 17 heavy (non-hydrogen) atoms. The topological polar surface area (TPSA) is 38.0 Å². The number of alkyl halides is 3. The van der Waals surface area contributed by atoms with Crippen LogP contribution in [0.3, 0.4) is 0 Å². The fourth-order valence-corrected chi connectivity index (χ4v) is 2.23. The highest BCUT2D eigenvalue weighted by Gasteiger charge is 2.28. The Bertz CT molecular complexity index is 384. The molecule has 1 rings (SSSR count). The average Bonchev–Trinajstić information content (AvgIpc) is 2.19. The van der Waals surface area contributed by atoms with Gasteiger partial charge in [-0.2, -0.15) is 13.2 Å². The third-order valence-corrected chi connectivity index (χ3v) is 3.08. The summed E-state index contributed by atoms with van der Waals surface area (Å²) in [5.74, 6) is 5.25. The van der Waals surface area contributed by atoms with Crippen molar-refractivity contribution in [1.82, 2.24) is 5.43 Å². The molecule has 0 fully saturated rings. The number of hydrogen-bond donors (Lipinski definition) is 2. The Morgan fingerprint density at radius 3 is 2.53 bits per heavy atom. The second kappa shape index (κ2) is 6.04. The molecule has 3 N–H and O–H groups in total. The van der Waals surface area contributed by atoms with Gasteiger partial charge in [0.1, 0.15) is 0 Å². The fourth-order valence-electron chi connectivity index (χ4n) is 1.42. The summed E-state index contributed by atoms with van der Waals surface area (Å²) in [6.45, 7) is 0. The van der Waals surface area contributed by atoms with Crippen molar-refractivity contribution in [3.8, 4) is 0 Å². The van der Waals surface area contributed by atoms with E-state index in [-0.39, 0.29) is 6.42 Å². The summed E-state index contributed by atoms with van der Waals surface area (Å²) in [5, 5.41) is 0.379. The van der Waals surface area contributed by atoms with Crippen molar-refractivity contribution in [3.63, 3.8) is 0 Å². The van der Waals surface area contributed by atoms with Gasteiger partial charge in [0.05, 0.1) is 0 Å². The van der Waals surface area contributed by atoms with E-state index in [1.54, 1.807) is 18.2 Å². The van der Waals surface area contributed by atoms with E-state index in [0.717, 1.165) is 4.47 Å². The van der Waals surface area contributed by atoms with Crippen molar-refractivity contribution >= 4 is 27.5 Å². The van der Waals surface area contributed by atoms with Crippen molar-refractivity contribution in [3.05, 3.63) is 33.3 Å². The van der Waals surface area contributed by atoms with Gasteiger partial charge in [0, 0.05) is 22.0 Å². The predicted octanol–water partition coefficient (Wildman–Crippen LogP) is 3.95. The molecule has 0 radical (unpaired) electrons. The summed E-state index contributed by atoms with van der Waals surface area (Å²) in [5.41, 5.74) is 2.91. The van der Waals surface area contributed by atoms with E-state index in [2.05, 4.69) is 21.4 Å². The van der Waals surface area contributed by atoms with E-state index in [4.69, 9.17) is 17.4 Å². The van der Waals surface area contributed by atoms with E-state index in [1.807, 2.05) is 0 Å². The highest BCUT2D eigenvalue weighted by molar-refractivity contribution is 9.10. The SMILES string of the molecule is NNC(CCC(F)(F)F)c1ccc(Br)cc1Cl. The molecule has 1 unspecified atom stereocenters. The molecule has 0 aromatic heterocycles. The van der Waals surface area contributed by atoms with Crippen molar-refractivity contribution in [1.29, 1.82) is 0 Å². The van der Waals surface area contributed by atoms with Crippen molar-refractivity contribution in [2.75, 3.05) is 0 Å². The summed E-state index contributed by atoms with van der Waals surface area (Å²) in [6, 6.07) is 4.36. The van der Waals surface area contributed by atoms with Crippen molar-refractivity contribution < 1.29 is 13.2 Å². The van der Waals surface area contributed by atoms with E-state index in [1.165, 1.54) is 0 Å². The van der Waals surface area contributed by atoms with Crippen molar-refractivity contribution in [2.24, 2.45) is 5.84 Å². The number of hydrogen-bond acceptors (Lipinski definition) is 2. The molecule has 0 saturated carbocycles. The molecule has 1 atom stereocenters. The van der Waals surface area contributed by atoms with Gasteiger partial charge in [0.2, 0.25) is 0 Å². The normalized spacial score (nSPS) is 13.8. The number of halogens is 5. The van der Waals surface area contributed by atoms with E-state index in [0.29, 0.717) is 10.6 Å². The summed E-state index contributed by atoms with van der Waals surface area (Å²) < 4.78 is 37.1. The zero-order valence-electron chi connectivity index (χ0n) is 8.69. The van der Waals surface area contributed by atoms with E-state index >= 15 is 0 Å². The molecule has 1 aromatic carbocycles. The van der Waals surface area contributed by atoms with Crippen molar-refractivity contribution in [2.45, 2.75) is 25.1 Å². The van der Waals surface area contributed by atoms with Crippen LogP contribution in [0.4, 0.5) is 13.2 Å². The van der Waals surface area contributed by atoms with Gasteiger partial charge >= 0.3 is 6.18 Å². The molecule has 0 aliphatic carbocycles. The minimum atomic E-state index is -4.20. The number of benzene rings is 1. The number of hydrazine groups is 1. The first-order chi connectivity index (χ1) is 7.83. The third-order valence-electron chi connectivity index (χ3n) is 2.26. The number of rotatable bonds is 4. The van der Waals surface area contributed by atoms with Crippen LogP contribution in [0, 0.1) is 0 Å². The zero-order chi connectivity index (χ0) is 13.1. The molecule has 0 aliphatic heterocycles. The Labute approximate surface area is 110 Å². The monoisotopic (exact) mass is 330 g/mol. The van der Waals surface area contributed by atoms with Crippen LogP contribution in [0.15, 0.2) is 22.7 Å². The Balaban J connectivity index is 2.79. The van der Waals surface area contributed by atoms with Gasteiger partial charge in [-0.1, -0.05) is 33.6 Å². The van der Waals surface area contributed by atoms with Gasteiger partial charge in [0.25, 0.3) is 0 Å². The Morgan fingerprint density at radius 1 is 1.41 bits per heavy atom. The van der Waals surface area contributed by atoms with Gasteiger partial charge < -0.3 is 0 Å². The second-order valence-electron chi connectivity index (χ2n) is 3.54. The predicted molar refractivity (Wildman–Crippen MR) is 64.5 cm³/mol. The lowest BCUT2D eigenvalue weighted by Crippen LogP contribution is -2.29. The van der Waals surface area contributed by atoms with Gasteiger partial charge in [-0.05, 0) is 24.1 Å². The highest BCUT2D eigenvalue weighted by Crippen LogP contribution is 2.31. The molecule has 96 valence electrons. The standard InChI is InChI=1S/C10H11BrClF3N2/c11-6-1-2-7(8(12)5-6)9(17-16)3-4-10(13,14)15/h1-2,5,9,17H,3-4,16H2. The number of nitrogens with two attached hydrogens (primary N) is 1. The molecule has 0 saturated heterocycles. The summed E-state index contributed by atoms with van der Waals surface area (Å²) >= 11 is 9.17. The largest absolute Gasteiger partial charge is 0.389 e. The summed E-state index contributed by atoms with van der Waals surface area (Å²) in [6.07, 6.45) is -5.26. The van der Waals surface area contributed by atoms with Crippen LogP contribution in [0.1, 0.15) is 24.4 Å². The van der Waals surface area contributed by atoms with Crippen LogP contribution in [0.25, 0.3) is 0 Å². The van der Waals surface area contributed by atoms with Crippen LogP contribution < -0.4 is 11.3 Å². The maximum absolute atomic E-state index is 12.1. The lowest BCUT2D eigenvalue weighted by molar-refractivity contribution is -0.136. The van der Waals surface area contributed by atoms with Gasteiger partial charge in [-0.15, -0.1) is 0 Å². The second-order valence-corrected chi connectivity index (χ2v) is 4.86. The van der Waals surface area contributed by atoms with Crippen LogP contribution in [0.2, 0.25) is 5.02 Å². The first-order valence-electron chi connectivity index (χ1n) is 4.81. The Kier molecular flexibility index (Phi) is 5.24. The lowest BCUT2D eigenvalue weighted by Gasteiger charge is -2.18. The van der Waals surface area contributed by atoms with Gasteiger partial charge in [-0.25, -0.2) is 0 Å². The van der Waals surface area contributed by atoms with E-state index in [9.17, 15) is 13.2 Å². The summed E-state index contributed by atoms with van der Waals surface area (Å²) in [7, 11) is 0. The smallest absolute Gasteiger partial charge is 0.271 e. The minimum Gasteiger partial charge on any atom is -0.271 e. The van der Waals surface area contributed by atoms with Gasteiger partial charge in [-0.3, -0.25) is 11.3 Å². The first kappa shape index (κ1) is 14.8. The van der Waals surface area contributed by atoms with Crippen LogP contribution in [0.5, 0.6) is 0 Å². The Hall–Kier alpha value is -0.300. The molecule has 2 nitrogen and oxygen atoms in total. The lowest BCUT2D eigenvalue weighted by atomic mass is 10.0. The van der Waals surface area contributed by atoms with Crippen LogP contribution in [-0.2, 0) is 0 Å². The molecule has 0 spiro atoms. The molecule has 1 aromatic rings. The molecule has 0 heterocycles. The van der Waals surface area contributed by atoms with Crippen LogP contribution in [-0.4, -0.2) is 6.18 Å². The molecule has 0 aliphatic rings. The maximum Gasteiger partial charge on any atom is 0.389 e. The van der Waals surface area contributed by atoms with Gasteiger partial charge in [0.15, 0.2) is 0 Å². The fraction of sp³-hybridized carbons (Fsp3) is 0.400. The molecule has 0 bridgehead atoms. The zero-order valence-corrected chi connectivity index (χ0v) is 11.0. The minimum absolute atomic E-state index is 0.151.